The van der Waals surface area contributed by atoms with Gasteiger partial charge in [-0.3, -0.25) is 0 Å². The summed E-state index contributed by atoms with van der Waals surface area (Å²) in [7, 11) is 0. The lowest BCUT2D eigenvalue weighted by atomic mass is 9.83. The summed E-state index contributed by atoms with van der Waals surface area (Å²) in [5.74, 6) is 0. The predicted molar refractivity (Wildman–Crippen MR) is 106 cm³/mol. The van der Waals surface area contributed by atoms with Gasteiger partial charge < -0.3 is 0 Å². The summed E-state index contributed by atoms with van der Waals surface area (Å²) >= 11 is 0. The van der Waals surface area contributed by atoms with Crippen LogP contribution >= 0.6 is 0 Å². The first-order valence-corrected chi connectivity index (χ1v) is 9.28. The first kappa shape index (κ1) is 16.8. The van der Waals surface area contributed by atoms with E-state index in [1.807, 2.05) is 0 Å². The van der Waals surface area contributed by atoms with Crippen LogP contribution in [0.4, 0.5) is 0 Å². The molecule has 124 valence electrons. The molecule has 0 saturated carbocycles. The van der Waals surface area contributed by atoms with E-state index in [0.29, 0.717) is 0 Å². The van der Waals surface area contributed by atoms with Crippen LogP contribution in [-0.4, -0.2) is 0 Å². The van der Waals surface area contributed by atoms with Gasteiger partial charge in [-0.15, -0.1) is 0 Å². The van der Waals surface area contributed by atoms with Crippen LogP contribution in [-0.2, 0) is 25.7 Å². The predicted octanol–water partition coefficient (Wildman–Crippen LogP) is 6.47. The van der Waals surface area contributed by atoms with Gasteiger partial charge in [0.2, 0.25) is 0 Å². The molecule has 2 aromatic carbocycles. The van der Waals surface area contributed by atoms with E-state index in [4.69, 9.17) is 0 Å². The molecule has 0 aromatic heterocycles. The van der Waals surface area contributed by atoms with Crippen molar-refractivity contribution >= 4 is 0 Å². The Morgan fingerprint density at radius 1 is 0.708 bits per heavy atom. The van der Waals surface area contributed by atoms with Gasteiger partial charge in [0, 0.05) is 0 Å². The number of aryl methyl sites for hydroxylation is 4. The van der Waals surface area contributed by atoms with Gasteiger partial charge in [0.1, 0.15) is 0 Å². The summed E-state index contributed by atoms with van der Waals surface area (Å²) < 4.78 is 0. The van der Waals surface area contributed by atoms with E-state index in [9.17, 15) is 0 Å². The number of benzene rings is 2. The summed E-state index contributed by atoms with van der Waals surface area (Å²) in [4.78, 5) is 0. The molecule has 0 heteroatoms. The topological polar surface area (TPSA) is 0 Å². The molecule has 0 nitrogen and oxygen atoms in total. The third-order valence-electron chi connectivity index (χ3n) is 4.96. The van der Waals surface area contributed by atoms with Crippen LogP contribution in [0.25, 0.3) is 11.1 Å². The molecule has 0 saturated heterocycles. The van der Waals surface area contributed by atoms with Gasteiger partial charge >= 0.3 is 0 Å². The van der Waals surface area contributed by atoms with Crippen LogP contribution in [0.5, 0.6) is 0 Å². The molecule has 0 N–H and O–H groups in total. The number of rotatable bonds is 6. The minimum absolute atomic E-state index is 1.14. The molecule has 1 aliphatic carbocycles. The van der Waals surface area contributed by atoms with Crippen LogP contribution in [0.1, 0.15) is 48.9 Å². The molecule has 0 fully saturated rings. The van der Waals surface area contributed by atoms with Crippen molar-refractivity contribution < 1.29 is 0 Å². The van der Waals surface area contributed by atoms with Crippen molar-refractivity contribution in [1.82, 2.24) is 0 Å². The van der Waals surface area contributed by atoms with Gasteiger partial charge in [0.15, 0.2) is 0 Å². The lowest BCUT2D eigenvalue weighted by Gasteiger charge is -2.21. The molecule has 0 spiro atoms. The highest BCUT2D eigenvalue weighted by Gasteiger charge is 2.16. The molecule has 3 rings (SSSR count). The lowest BCUT2D eigenvalue weighted by Crippen LogP contribution is -2.05. The summed E-state index contributed by atoms with van der Waals surface area (Å²) in [6.07, 6.45) is 15.7. The number of allylic oxidation sites excluding steroid dienone is 4. The molecule has 0 bridgehead atoms. The minimum atomic E-state index is 1.14. The molecule has 0 heterocycles. The Morgan fingerprint density at radius 2 is 1.17 bits per heavy atom. The largest absolute Gasteiger partial charge is 0.0917 e. The fourth-order valence-electron chi connectivity index (χ4n) is 3.65. The quantitative estimate of drug-likeness (QED) is 0.536. The van der Waals surface area contributed by atoms with Gasteiger partial charge in [-0.25, -0.2) is 0 Å². The fraction of sp³-hybridized carbons (Fsp3) is 0.333. The van der Waals surface area contributed by atoms with E-state index < -0.39 is 0 Å². The Bertz CT molecular complexity index is 681. The highest BCUT2D eigenvalue weighted by Crippen LogP contribution is 2.35. The van der Waals surface area contributed by atoms with E-state index in [0.717, 1.165) is 25.7 Å². The molecular formula is C24H28. The normalized spacial score (nSPS) is 13.4. The highest BCUT2D eigenvalue weighted by molar-refractivity contribution is 5.73. The van der Waals surface area contributed by atoms with Crippen molar-refractivity contribution in [3.8, 4) is 11.1 Å². The van der Waals surface area contributed by atoms with Crippen molar-refractivity contribution in [3.63, 3.8) is 0 Å². The zero-order valence-corrected chi connectivity index (χ0v) is 15.0. The van der Waals surface area contributed by atoms with Crippen LogP contribution in [0.15, 0.2) is 60.7 Å². The Morgan fingerprint density at radius 3 is 1.58 bits per heavy atom. The smallest absolute Gasteiger partial charge is 0.0149 e. The minimum Gasteiger partial charge on any atom is -0.0917 e. The maximum Gasteiger partial charge on any atom is -0.0149 e. The van der Waals surface area contributed by atoms with Gasteiger partial charge in [-0.2, -0.15) is 0 Å². The third-order valence-corrected chi connectivity index (χ3v) is 4.96. The molecule has 0 atom stereocenters. The maximum absolute atomic E-state index is 2.43. The summed E-state index contributed by atoms with van der Waals surface area (Å²) in [6.45, 7) is 4.19. The first-order valence-electron chi connectivity index (χ1n) is 9.28. The van der Waals surface area contributed by atoms with Crippen molar-refractivity contribution in [2.75, 3.05) is 0 Å². The SMILES string of the molecule is C/C=C/CCc1ccc2c(c1)CCc1cc(CC/C=C/C)ccc1-2. The van der Waals surface area contributed by atoms with Crippen LogP contribution in [0.3, 0.4) is 0 Å². The zero-order valence-electron chi connectivity index (χ0n) is 15.0. The highest BCUT2D eigenvalue weighted by atomic mass is 14.2. The number of fused-ring (bicyclic) bond motifs is 3. The van der Waals surface area contributed by atoms with E-state index in [1.54, 1.807) is 0 Å². The summed E-state index contributed by atoms with van der Waals surface area (Å²) in [6, 6.07) is 14.2. The van der Waals surface area contributed by atoms with Crippen molar-refractivity contribution in [2.45, 2.75) is 52.4 Å². The summed E-state index contributed by atoms with van der Waals surface area (Å²) in [5.41, 5.74) is 8.90. The van der Waals surface area contributed by atoms with E-state index >= 15 is 0 Å². The first-order chi connectivity index (χ1) is 11.8. The van der Waals surface area contributed by atoms with Crippen LogP contribution < -0.4 is 0 Å². The maximum atomic E-state index is 2.43. The molecular weight excluding hydrogens is 288 g/mol. The molecule has 2 aromatic rings. The molecule has 0 radical (unpaired) electrons. The van der Waals surface area contributed by atoms with Crippen molar-refractivity contribution in [2.24, 2.45) is 0 Å². The van der Waals surface area contributed by atoms with Crippen molar-refractivity contribution in [1.29, 1.82) is 0 Å². The summed E-state index contributed by atoms with van der Waals surface area (Å²) in [5, 5.41) is 0. The Labute approximate surface area is 146 Å². The molecule has 1 aliphatic rings. The molecule has 0 unspecified atom stereocenters. The second-order valence-corrected chi connectivity index (χ2v) is 6.70. The average molecular weight is 316 g/mol. The van der Waals surface area contributed by atoms with Crippen LogP contribution in [0, 0.1) is 0 Å². The second kappa shape index (κ2) is 8.15. The molecule has 0 aliphatic heterocycles. The Hall–Kier alpha value is -2.08. The molecule has 0 amide bonds. The Balaban J connectivity index is 1.80. The van der Waals surface area contributed by atoms with Gasteiger partial charge in [-0.05, 0) is 85.8 Å². The van der Waals surface area contributed by atoms with Gasteiger partial charge in [-0.1, -0.05) is 60.7 Å². The van der Waals surface area contributed by atoms with E-state index in [2.05, 4.69) is 74.5 Å². The fourth-order valence-corrected chi connectivity index (χ4v) is 3.65. The third kappa shape index (κ3) is 3.87. The average Bonchev–Trinajstić information content (AvgIpc) is 2.62. The van der Waals surface area contributed by atoms with Crippen molar-refractivity contribution in [3.05, 3.63) is 83.0 Å². The number of hydrogen-bond acceptors (Lipinski definition) is 0. The number of hydrogen-bond donors (Lipinski definition) is 0. The lowest BCUT2D eigenvalue weighted by molar-refractivity contribution is 0.917. The monoisotopic (exact) mass is 316 g/mol. The Kier molecular flexibility index (Phi) is 5.69. The standard InChI is InChI=1S/C24H28/c1-3-5-7-9-19-11-15-23-21(17-19)13-14-22-18-20(10-8-6-4-2)12-16-24(22)23/h3-6,11-12,15-18H,7-10,13-14H2,1-2H3/b5-3+,6-4+. The van der Waals surface area contributed by atoms with Gasteiger partial charge in [0.25, 0.3) is 0 Å². The molecule has 24 heavy (non-hydrogen) atoms. The second-order valence-electron chi connectivity index (χ2n) is 6.70. The van der Waals surface area contributed by atoms with Crippen LogP contribution in [0.2, 0.25) is 0 Å². The zero-order chi connectivity index (χ0) is 16.8. The van der Waals surface area contributed by atoms with Gasteiger partial charge in [0.05, 0.1) is 0 Å². The van der Waals surface area contributed by atoms with E-state index in [1.165, 1.54) is 46.2 Å². The van der Waals surface area contributed by atoms with E-state index in [-0.39, 0.29) is 0 Å².